The third-order valence-electron chi connectivity index (χ3n) is 3.05. The Balaban J connectivity index is 2.57. The van der Waals surface area contributed by atoms with E-state index in [1.165, 1.54) is 0 Å². The van der Waals surface area contributed by atoms with Crippen LogP contribution in [0.2, 0.25) is 5.02 Å². The highest BCUT2D eigenvalue weighted by Crippen LogP contribution is 2.35. The maximum atomic E-state index is 6.14. The molecule has 0 aliphatic carbocycles. The molecule has 5 heteroatoms. The van der Waals surface area contributed by atoms with Gasteiger partial charge in [-0.2, -0.15) is 5.10 Å². The number of hydrogen-bond donors (Lipinski definition) is 1. The maximum absolute atomic E-state index is 6.14. The normalized spacial score (nSPS) is 10.8. The zero-order chi connectivity index (χ0) is 14.0. The minimum atomic E-state index is 0.585. The second-order valence-corrected chi connectivity index (χ2v) is 4.92. The number of aromatic nitrogens is 2. The summed E-state index contributed by atoms with van der Waals surface area (Å²) in [4.78, 5) is 0. The van der Waals surface area contributed by atoms with Crippen molar-refractivity contribution in [2.45, 2.75) is 13.3 Å². The molecule has 2 rings (SSSR count). The number of hydrogen-bond acceptors (Lipinski definition) is 3. The van der Waals surface area contributed by atoms with Crippen molar-refractivity contribution in [3.05, 3.63) is 34.5 Å². The van der Waals surface area contributed by atoms with Crippen LogP contribution in [0.3, 0.4) is 0 Å². The smallest absolute Gasteiger partial charge is 0.131 e. The van der Waals surface area contributed by atoms with Gasteiger partial charge in [0.05, 0.1) is 18.5 Å². The molecule has 0 spiro atoms. The molecule has 4 nitrogen and oxygen atoms in total. The predicted octanol–water partition coefficient (Wildman–Crippen LogP) is 2.56. The molecule has 1 aromatic heterocycles. The van der Waals surface area contributed by atoms with Crippen molar-refractivity contribution in [3.8, 4) is 17.0 Å². The number of rotatable bonds is 4. The molecule has 0 bridgehead atoms. The third kappa shape index (κ3) is 2.74. The van der Waals surface area contributed by atoms with Crippen molar-refractivity contribution in [2.24, 2.45) is 12.8 Å². The molecule has 2 aromatic rings. The zero-order valence-electron chi connectivity index (χ0n) is 11.4. The molecule has 0 atom stereocenters. The van der Waals surface area contributed by atoms with Crippen molar-refractivity contribution in [2.75, 3.05) is 13.7 Å². The van der Waals surface area contributed by atoms with Gasteiger partial charge in [-0.05, 0) is 37.2 Å². The fourth-order valence-corrected chi connectivity index (χ4v) is 2.51. The van der Waals surface area contributed by atoms with E-state index < -0.39 is 0 Å². The number of nitrogens with two attached hydrogens (primary N) is 1. The van der Waals surface area contributed by atoms with Crippen LogP contribution < -0.4 is 10.5 Å². The van der Waals surface area contributed by atoms with Gasteiger partial charge in [0.15, 0.2) is 0 Å². The Morgan fingerprint density at radius 2 is 2.11 bits per heavy atom. The van der Waals surface area contributed by atoms with Crippen LogP contribution in [0.1, 0.15) is 11.3 Å². The van der Waals surface area contributed by atoms with Gasteiger partial charge in [0, 0.05) is 24.1 Å². The van der Waals surface area contributed by atoms with Gasteiger partial charge in [0.1, 0.15) is 5.75 Å². The maximum Gasteiger partial charge on any atom is 0.131 e. The number of halogens is 1. The fraction of sp³-hybridized carbons (Fsp3) is 0.357. The summed E-state index contributed by atoms with van der Waals surface area (Å²) in [5.41, 5.74) is 9.47. The summed E-state index contributed by atoms with van der Waals surface area (Å²) in [6.07, 6.45) is 0.760. The lowest BCUT2D eigenvalue weighted by molar-refractivity contribution is 0.413. The molecule has 102 valence electrons. The van der Waals surface area contributed by atoms with Gasteiger partial charge in [0.25, 0.3) is 0 Å². The van der Waals surface area contributed by atoms with Crippen molar-refractivity contribution in [1.29, 1.82) is 0 Å². The van der Waals surface area contributed by atoms with E-state index in [2.05, 4.69) is 5.10 Å². The van der Waals surface area contributed by atoms with Crippen LogP contribution >= 0.6 is 11.6 Å². The Morgan fingerprint density at radius 1 is 1.37 bits per heavy atom. The highest BCUT2D eigenvalue weighted by Gasteiger charge is 2.15. The van der Waals surface area contributed by atoms with Gasteiger partial charge >= 0.3 is 0 Å². The summed E-state index contributed by atoms with van der Waals surface area (Å²) < 4.78 is 7.32. The van der Waals surface area contributed by atoms with E-state index in [9.17, 15) is 0 Å². The molecule has 1 heterocycles. The van der Waals surface area contributed by atoms with Crippen LogP contribution in [0.25, 0.3) is 11.3 Å². The monoisotopic (exact) mass is 279 g/mol. The molecule has 1 aromatic carbocycles. The zero-order valence-corrected chi connectivity index (χ0v) is 12.2. The largest absolute Gasteiger partial charge is 0.496 e. The van der Waals surface area contributed by atoms with Crippen molar-refractivity contribution < 1.29 is 4.74 Å². The summed E-state index contributed by atoms with van der Waals surface area (Å²) in [5.74, 6) is 0.826. The lowest BCUT2D eigenvalue weighted by Gasteiger charge is -2.12. The Kier molecular flexibility index (Phi) is 4.12. The third-order valence-corrected chi connectivity index (χ3v) is 3.27. The Bertz CT molecular complexity index is 593. The van der Waals surface area contributed by atoms with Gasteiger partial charge in [-0.3, -0.25) is 4.68 Å². The van der Waals surface area contributed by atoms with Crippen molar-refractivity contribution >= 4 is 11.6 Å². The van der Waals surface area contributed by atoms with E-state index in [0.29, 0.717) is 11.6 Å². The van der Waals surface area contributed by atoms with Gasteiger partial charge < -0.3 is 10.5 Å². The first kappa shape index (κ1) is 13.9. The lowest BCUT2D eigenvalue weighted by Crippen LogP contribution is -2.03. The Morgan fingerprint density at radius 3 is 2.74 bits per heavy atom. The second kappa shape index (κ2) is 5.63. The number of aryl methyl sites for hydroxylation is 2. The fourth-order valence-electron chi connectivity index (χ4n) is 2.24. The molecule has 0 fully saturated rings. The molecular weight excluding hydrogens is 262 g/mol. The van der Waals surface area contributed by atoms with E-state index in [-0.39, 0.29) is 0 Å². The molecule has 0 unspecified atom stereocenters. The molecule has 0 amide bonds. The Labute approximate surface area is 118 Å². The highest BCUT2D eigenvalue weighted by atomic mass is 35.5. The first-order chi connectivity index (χ1) is 9.06. The average molecular weight is 280 g/mol. The second-order valence-electron chi connectivity index (χ2n) is 4.49. The summed E-state index contributed by atoms with van der Waals surface area (Å²) >= 11 is 6.14. The van der Waals surface area contributed by atoms with Crippen LogP contribution in [0, 0.1) is 6.92 Å². The molecule has 19 heavy (non-hydrogen) atoms. The molecule has 2 N–H and O–H groups in total. The van der Waals surface area contributed by atoms with E-state index in [1.807, 2.05) is 36.9 Å². The van der Waals surface area contributed by atoms with Crippen LogP contribution in [0.4, 0.5) is 0 Å². The molecular formula is C14H18ClN3O. The van der Waals surface area contributed by atoms with Crippen molar-refractivity contribution in [1.82, 2.24) is 9.78 Å². The van der Waals surface area contributed by atoms with Crippen LogP contribution in [0.15, 0.2) is 18.2 Å². The van der Waals surface area contributed by atoms with E-state index in [1.54, 1.807) is 7.11 Å². The lowest BCUT2D eigenvalue weighted by atomic mass is 10.1. The molecule has 0 aliphatic rings. The van der Waals surface area contributed by atoms with Gasteiger partial charge in [0.2, 0.25) is 0 Å². The summed E-state index contributed by atoms with van der Waals surface area (Å²) in [6.45, 7) is 2.56. The van der Waals surface area contributed by atoms with E-state index >= 15 is 0 Å². The number of nitrogens with zero attached hydrogens (tertiary/aromatic N) is 2. The van der Waals surface area contributed by atoms with E-state index in [4.69, 9.17) is 22.1 Å². The molecule has 0 aliphatic heterocycles. The first-order valence-corrected chi connectivity index (χ1v) is 6.52. The first-order valence-electron chi connectivity index (χ1n) is 6.14. The standard InChI is InChI=1S/C14H18ClN3O/c1-9-6-10(15)7-12(14(9)19-3)13-8-11(4-5-16)17-18(13)2/h6-8H,4-5,16H2,1-3H3. The van der Waals surface area contributed by atoms with Gasteiger partial charge in [-0.1, -0.05) is 11.6 Å². The summed E-state index contributed by atoms with van der Waals surface area (Å²) in [6, 6.07) is 5.82. The number of benzene rings is 1. The minimum Gasteiger partial charge on any atom is -0.496 e. The predicted molar refractivity (Wildman–Crippen MR) is 77.7 cm³/mol. The average Bonchev–Trinajstić information content (AvgIpc) is 2.70. The highest BCUT2D eigenvalue weighted by molar-refractivity contribution is 6.31. The van der Waals surface area contributed by atoms with Crippen LogP contribution in [0.5, 0.6) is 5.75 Å². The molecule has 0 radical (unpaired) electrons. The van der Waals surface area contributed by atoms with Gasteiger partial charge in [-0.25, -0.2) is 0 Å². The number of ether oxygens (including phenoxy) is 1. The Hall–Kier alpha value is -1.52. The van der Waals surface area contributed by atoms with Gasteiger partial charge in [-0.15, -0.1) is 0 Å². The molecule has 0 saturated carbocycles. The number of methoxy groups -OCH3 is 1. The van der Waals surface area contributed by atoms with Crippen LogP contribution in [-0.2, 0) is 13.5 Å². The van der Waals surface area contributed by atoms with Crippen LogP contribution in [-0.4, -0.2) is 23.4 Å². The molecule has 0 saturated heterocycles. The van der Waals surface area contributed by atoms with Crippen molar-refractivity contribution in [3.63, 3.8) is 0 Å². The quantitative estimate of drug-likeness (QED) is 0.936. The van der Waals surface area contributed by atoms with E-state index in [0.717, 1.165) is 34.7 Å². The SMILES string of the molecule is COc1c(C)cc(Cl)cc1-c1cc(CCN)nn1C. The summed E-state index contributed by atoms with van der Waals surface area (Å²) in [5, 5.41) is 5.14. The topological polar surface area (TPSA) is 53.1 Å². The minimum absolute atomic E-state index is 0.585. The summed E-state index contributed by atoms with van der Waals surface area (Å²) in [7, 11) is 3.57.